The molecule has 2 aromatic rings. The number of nitrogens with zero attached hydrogens (tertiary/aromatic N) is 3. The van der Waals surface area contributed by atoms with Crippen LogP contribution in [0.3, 0.4) is 0 Å². The predicted molar refractivity (Wildman–Crippen MR) is 113 cm³/mol. The van der Waals surface area contributed by atoms with Crippen LogP contribution in [0.5, 0.6) is 0 Å². The molecule has 156 valence electrons. The van der Waals surface area contributed by atoms with Crippen LogP contribution in [0.15, 0.2) is 29.2 Å². The van der Waals surface area contributed by atoms with E-state index in [1.807, 2.05) is 0 Å². The molecule has 0 unspecified atom stereocenters. The molecule has 1 aromatic carbocycles. The third kappa shape index (κ3) is 4.67. The second-order valence-corrected chi connectivity index (χ2v) is 10.7. The first-order valence-corrected chi connectivity index (χ1v) is 12.5. The highest BCUT2D eigenvalue weighted by Gasteiger charge is 2.27. The highest BCUT2D eigenvalue weighted by atomic mass is 32.2. The fourth-order valence-corrected chi connectivity index (χ4v) is 6.49. The number of hydrogen-bond donors (Lipinski definition) is 1. The van der Waals surface area contributed by atoms with Crippen molar-refractivity contribution in [2.24, 2.45) is 0 Å². The standard InChI is InChI=1S/C20H26N4O3S2/c25-18(21-20-23-22-19(28-20)15-8-3-1-4-9-15)16-10-7-11-17(14-16)29(26,27)24-12-5-2-6-13-24/h7,10-11,14-15H,1-6,8-9,12-13H2,(H,21,23,25). The lowest BCUT2D eigenvalue weighted by atomic mass is 9.90. The first kappa shape index (κ1) is 20.4. The van der Waals surface area contributed by atoms with Crippen LogP contribution in [0.4, 0.5) is 5.13 Å². The van der Waals surface area contributed by atoms with Gasteiger partial charge in [0.15, 0.2) is 0 Å². The summed E-state index contributed by atoms with van der Waals surface area (Å²) in [6.07, 6.45) is 8.75. The van der Waals surface area contributed by atoms with E-state index >= 15 is 0 Å². The van der Waals surface area contributed by atoms with Crippen molar-refractivity contribution in [3.8, 4) is 0 Å². The van der Waals surface area contributed by atoms with E-state index in [1.54, 1.807) is 18.2 Å². The van der Waals surface area contributed by atoms with E-state index in [0.717, 1.165) is 37.1 Å². The van der Waals surface area contributed by atoms with Crippen molar-refractivity contribution in [1.82, 2.24) is 14.5 Å². The van der Waals surface area contributed by atoms with Gasteiger partial charge >= 0.3 is 0 Å². The molecule has 29 heavy (non-hydrogen) atoms. The molecular formula is C20H26N4O3S2. The average Bonchev–Trinajstić information content (AvgIpc) is 3.23. The molecule has 1 saturated heterocycles. The molecular weight excluding hydrogens is 408 g/mol. The van der Waals surface area contributed by atoms with Crippen molar-refractivity contribution >= 4 is 32.4 Å². The molecule has 2 aliphatic rings. The fraction of sp³-hybridized carbons (Fsp3) is 0.550. The van der Waals surface area contributed by atoms with Gasteiger partial charge in [-0.15, -0.1) is 10.2 Å². The van der Waals surface area contributed by atoms with E-state index in [-0.39, 0.29) is 10.8 Å². The van der Waals surface area contributed by atoms with Crippen molar-refractivity contribution in [2.45, 2.75) is 62.2 Å². The number of hydrogen-bond acceptors (Lipinski definition) is 6. The summed E-state index contributed by atoms with van der Waals surface area (Å²) < 4.78 is 27.3. The van der Waals surface area contributed by atoms with Crippen molar-refractivity contribution in [3.63, 3.8) is 0 Å². The molecule has 1 N–H and O–H groups in total. The van der Waals surface area contributed by atoms with Crippen molar-refractivity contribution in [2.75, 3.05) is 18.4 Å². The number of aromatic nitrogens is 2. The van der Waals surface area contributed by atoms with Gasteiger partial charge in [-0.1, -0.05) is 43.1 Å². The van der Waals surface area contributed by atoms with Crippen LogP contribution < -0.4 is 5.32 Å². The number of anilines is 1. The quantitative estimate of drug-likeness (QED) is 0.767. The highest BCUT2D eigenvalue weighted by Crippen LogP contribution is 2.35. The number of benzene rings is 1. The second kappa shape index (κ2) is 8.89. The van der Waals surface area contributed by atoms with Gasteiger partial charge in [-0.25, -0.2) is 8.42 Å². The molecule has 1 aliphatic carbocycles. The van der Waals surface area contributed by atoms with Crippen LogP contribution in [0.1, 0.15) is 72.7 Å². The number of sulfonamides is 1. The maximum Gasteiger partial charge on any atom is 0.257 e. The molecule has 9 heteroatoms. The zero-order valence-electron chi connectivity index (χ0n) is 16.3. The summed E-state index contributed by atoms with van der Waals surface area (Å²) in [5.41, 5.74) is 0.303. The molecule has 4 rings (SSSR count). The van der Waals surface area contributed by atoms with E-state index in [1.165, 1.54) is 41.0 Å². The van der Waals surface area contributed by atoms with Gasteiger partial charge in [0.2, 0.25) is 15.2 Å². The number of carbonyl (C=O) groups excluding carboxylic acids is 1. The van der Waals surface area contributed by atoms with Crippen LogP contribution in [0.2, 0.25) is 0 Å². The van der Waals surface area contributed by atoms with Crippen LogP contribution in [0, 0.1) is 0 Å². The number of carbonyl (C=O) groups is 1. The predicted octanol–water partition coefficient (Wildman–Crippen LogP) is 4.01. The zero-order chi connectivity index (χ0) is 20.3. The zero-order valence-corrected chi connectivity index (χ0v) is 18.0. The summed E-state index contributed by atoms with van der Waals surface area (Å²) in [4.78, 5) is 12.8. The Kier molecular flexibility index (Phi) is 6.26. The molecule has 2 fully saturated rings. The summed E-state index contributed by atoms with van der Waals surface area (Å²) in [5, 5.41) is 12.6. The van der Waals surface area contributed by atoms with Gasteiger partial charge in [0, 0.05) is 24.6 Å². The summed E-state index contributed by atoms with van der Waals surface area (Å²) in [7, 11) is -3.57. The molecule has 7 nitrogen and oxygen atoms in total. The monoisotopic (exact) mass is 434 g/mol. The first-order valence-electron chi connectivity index (χ1n) is 10.3. The topological polar surface area (TPSA) is 92.3 Å². The van der Waals surface area contributed by atoms with E-state index in [0.29, 0.717) is 29.7 Å². The van der Waals surface area contributed by atoms with Gasteiger partial charge < -0.3 is 0 Å². The number of amides is 1. The fourth-order valence-electron chi connectivity index (χ4n) is 4.02. The highest BCUT2D eigenvalue weighted by molar-refractivity contribution is 7.89. The van der Waals surface area contributed by atoms with Crippen molar-refractivity contribution in [3.05, 3.63) is 34.8 Å². The Bertz CT molecular complexity index is 962. The van der Waals surface area contributed by atoms with Crippen molar-refractivity contribution < 1.29 is 13.2 Å². The third-order valence-corrected chi connectivity index (χ3v) is 8.56. The number of piperidine rings is 1. The lowest BCUT2D eigenvalue weighted by molar-refractivity contribution is 0.102. The Morgan fingerprint density at radius 2 is 1.76 bits per heavy atom. The maximum absolute atomic E-state index is 12.9. The smallest absolute Gasteiger partial charge is 0.257 e. The first-order chi connectivity index (χ1) is 14.0. The minimum absolute atomic E-state index is 0.159. The molecule has 2 heterocycles. The van der Waals surface area contributed by atoms with E-state index in [2.05, 4.69) is 15.5 Å². The van der Waals surface area contributed by atoms with E-state index in [4.69, 9.17) is 0 Å². The molecule has 0 radical (unpaired) electrons. The Morgan fingerprint density at radius 1 is 1.03 bits per heavy atom. The van der Waals surface area contributed by atoms with Crippen molar-refractivity contribution in [1.29, 1.82) is 0 Å². The largest absolute Gasteiger partial charge is 0.296 e. The maximum atomic E-state index is 12.9. The average molecular weight is 435 g/mol. The molecule has 1 aromatic heterocycles. The lowest BCUT2D eigenvalue weighted by Crippen LogP contribution is -2.35. The molecule has 1 aliphatic heterocycles. The molecule has 1 saturated carbocycles. The van der Waals surface area contributed by atoms with E-state index in [9.17, 15) is 13.2 Å². The van der Waals surface area contributed by atoms with Crippen LogP contribution >= 0.6 is 11.3 Å². The SMILES string of the molecule is O=C(Nc1nnc(C2CCCCC2)s1)c1cccc(S(=O)(=O)N2CCCCC2)c1. The Hall–Kier alpha value is -1.84. The second-order valence-electron chi connectivity index (χ2n) is 7.73. The van der Waals surface area contributed by atoms with Crippen LogP contribution in [-0.4, -0.2) is 41.9 Å². The van der Waals surface area contributed by atoms with Crippen LogP contribution in [-0.2, 0) is 10.0 Å². The molecule has 1 amide bonds. The summed E-state index contributed by atoms with van der Waals surface area (Å²) in [6, 6.07) is 6.22. The summed E-state index contributed by atoms with van der Waals surface area (Å²) >= 11 is 1.41. The summed E-state index contributed by atoms with van der Waals surface area (Å²) in [5.74, 6) is 0.0666. The normalized spacial score (nSPS) is 19.2. The summed E-state index contributed by atoms with van der Waals surface area (Å²) in [6.45, 7) is 1.07. The molecule has 0 bridgehead atoms. The Labute approximate surface area is 175 Å². The minimum atomic E-state index is -3.57. The number of nitrogens with one attached hydrogen (secondary N) is 1. The van der Waals surface area contributed by atoms with E-state index < -0.39 is 10.0 Å². The molecule has 0 spiro atoms. The van der Waals surface area contributed by atoms with Gasteiger partial charge in [-0.3, -0.25) is 10.1 Å². The van der Waals surface area contributed by atoms with Gasteiger partial charge in [-0.2, -0.15) is 4.31 Å². The van der Waals surface area contributed by atoms with Gasteiger partial charge in [-0.05, 0) is 43.9 Å². The van der Waals surface area contributed by atoms with Gasteiger partial charge in [0.1, 0.15) is 5.01 Å². The minimum Gasteiger partial charge on any atom is -0.296 e. The lowest BCUT2D eigenvalue weighted by Gasteiger charge is -2.26. The number of rotatable bonds is 5. The van der Waals surface area contributed by atoms with Gasteiger partial charge in [0.05, 0.1) is 4.90 Å². The van der Waals surface area contributed by atoms with Crippen LogP contribution in [0.25, 0.3) is 0 Å². The third-order valence-electron chi connectivity index (χ3n) is 5.66. The molecule has 0 atom stereocenters. The Morgan fingerprint density at radius 3 is 2.52 bits per heavy atom. The van der Waals surface area contributed by atoms with Gasteiger partial charge in [0.25, 0.3) is 5.91 Å². The Balaban J connectivity index is 1.47.